The van der Waals surface area contributed by atoms with E-state index in [1.54, 1.807) is 14.2 Å². The van der Waals surface area contributed by atoms with E-state index in [4.69, 9.17) is 33.2 Å². The first kappa shape index (κ1) is 22.8. The van der Waals surface area contributed by atoms with Crippen LogP contribution >= 0.6 is 12.2 Å². The predicted molar refractivity (Wildman–Crippen MR) is 129 cm³/mol. The fourth-order valence-corrected chi connectivity index (χ4v) is 5.09. The van der Waals surface area contributed by atoms with Gasteiger partial charge in [0.05, 0.1) is 27.4 Å². The van der Waals surface area contributed by atoms with Gasteiger partial charge in [0.1, 0.15) is 0 Å². The summed E-state index contributed by atoms with van der Waals surface area (Å²) < 4.78 is 16.1. The Labute approximate surface area is 195 Å². The topological polar surface area (TPSA) is 47.7 Å². The Bertz CT molecular complexity index is 1010. The molecule has 8 heteroatoms. The molecule has 172 valence electrons. The molecule has 1 aromatic carbocycles. The van der Waals surface area contributed by atoms with Gasteiger partial charge < -0.3 is 9.47 Å². The second kappa shape index (κ2) is 10.5. The number of nitrogens with zero attached hydrogens (tertiary/aromatic N) is 5. The van der Waals surface area contributed by atoms with E-state index < -0.39 is 0 Å². The van der Waals surface area contributed by atoms with Crippen LogP contribution in [0.3, 0.4) is 0 Å². The quantitative estimate of drug-likeness (QED) is 0.467. The van der Waals surface area contributed by atoms with Crippen molar-refractivity contribution in [2.24, 2.45) is 0 Å². The maximum absolute atomic E-state index is 5.98. The van der Waals surface area contributed by atoms with Crippen molar-refractivity contribution < 1.29 is 9.47 Å². The molecule has 2 aromatic rings. The van der Waals surface area contributed by atoms with Gasteiger partial charge in [-0.1, -0.05) is 25.2 Å². The highest BCUT2D eigenvalue weighted by Crippen LogP contribution is 2.36. The highest BCUT2D eigenvalue weighted by molar-refractivity contribution is 7.71. The van der Waals surface area contributed by atoms with Crippen LogP contribution < -0.4 is 9.47 Å². The summed E-state index contributed by atoms with van der Waals surface area (Å²) in [6.07, 6.45) is 11.5. The minimum absolute atomic E-state index is 0.389. The summed E-state index contributed by atoms with van der Waals surface area (Å²) in [6, 6.07) is 6.37. The van der Waals surface area contributed by atoms with Gasteiger partial charge in [0.2, 0.25) is 0 Å². The molecular weight excluding hydrogens is 422 g/mol. The Morgan fingerprint density at radius 2 is 1.72 bits per heavy atom. The standard InChI is InChI=1S/C24H33N5O2S/c1-4-12-26-13-15-27(16-14-26)18-28-24(32)29(20-8-6-5-7-9-20)23(25-28)19-10-11-21(30-2)22(17-19)31-3/h1,10-11,17,20H,5-9,12-16,18H2,2-3H3. The molecule has 0 bridgehead atoms. The lowest BCUT2D eigenvalue weighted by molar-refractivity contribution is 0.111. The molecule has 0 atom stereocenters. The lowest BCUT2D eigenvalue weighted by atomic mass is 9.95. The Balaban J connectivity index is 1.65. The first-order valence-corrected chi connectivity index (χ1v) is 11.9. The van der Waals surface area contributed by atoms with Crippen LogP contribution in [0.5, 0.6) is 11.5 Å². The van der Waals surface area contributed by atoms with E-state index in [2.05, 4.69) is 20.3 Å². The lowest BCUT2D eigenvalue weighted by Gasteiger charge is -2.33. The molecule has 2 aliphatic rings. The van der Waals surface area contributed by atoms with Gasteiger partial charge >= 0.3 is 0 Å². The minimum atomic E-state index is 0.389. The van der Waals surface area contributed by atoms with E-state index in [9.17, 15) is 0 Å². The molecule has 7 nitrogen and oxygen atoms in total. The fourth-order valence-electron chi connectivity index (χ4n) is 4.76. The molecule has 2 heterocycles. The van der Waals surface area contributed by atoms with Gasteiger partial charge in [0, 0.05) is 37.8 Å². The lowest BCUT2D eigenvalue weighted by Crippen LogP contribution is -2.46. The van der Waals surface area contributed by atoms with Crippen molar-refractivity contribution in [2.75, 3.05) is 46.9 Å². The van der Waals surface area contributed by atoms with Crippen LogP contribution in [0.2, 0.25) is 0 Å². The molecule has 1 aliphatic heterocycles. The maximum atomic E-state index is 5.98. The van der Waals surface area contributed by atoms with Gasteiger partial charge in [-0.3, -0.25) is 14.4 Å². The van der Waals surface area contributed by atoms with E-state index in [1.807, 2.05) is 22.9 Å². The van der Waals surface area contributed by atoms with Crippen molar-refractivity contribution >= 4 is 12.2 Å². The largest absolute Gasteiger partial charge is 0.493 e. The minimum Gasteiger partial charge on any atom is -0.493 e. The van der Waals surface area contributed by atoms with Crippen LogP contribution in [0, 0.1) is 17.1 Å². The SMILES string of the molecule is C#CCN1CCN(Cn2nc(-c3ccc(OC)c(OC)c3)n(C3CCCCC3)c2=S)CC1. The van der Waals surface area contributed by atoms with Crippen molar-refractivity contribution in [2.45, 2.75) is 44.8 Å². The number of terminal acetylenes is 1. The smallest absolute Gasteiger partial charge is 0.199 e. The molecule has 32 heavy (non-hydrogen) atoms. The van der Waals surface area contributed by atoms with Gasteiger partial charge in [-0.2, -0.15) is 5.10 Å². The van der Waals surface area contributed by atoms with Gasteiger partial charge in [-0.25, -0.2) is 4.68 Å². The van der Waals surface area contributed by atoms with Crippen molar-refractivity contribution in [3.63, 3.8) is 0 Å². The van der Waals surface area contributed by atoms with Crippen LogP contribution in [-0.2, 0) is 6.67 Å². The summed E-state index contributed by atoms with van der Waals surface area (Å²) in [5.74, 6) is 5.07. The molecule has 0 radical (unpaired) electrons. The monoisotopic (exact) mass is 455 g/mol. The number of hydrogen-bond acceptors (Lipinski definition) is 6. The summed E-state index contributed by atoms with van der Waals surface area (Å²) in [5.41, 5.74) is 0.997. The highest BCUT2D eigenvalue weighted by Gasteiger charge is 2.25. The first-order chi connectivity index (χ1) is 15.6. The molecule has 2 fully saturated rings. The van der Waals surface area contributed by atoms with Crippen LogP contribution in [-0.4, -0.2) is 71.1 Å². The van der Waals surface area contributed by atoms with Crippen LogP contribution in [0.15, 0.2) is 18.2 Å². The summed E-state index contributed by atoms with van der Waals surface area (Å²) >= 11 is 5.98. The number of aromatic nitrogens is 3. The van der Waals surface area contributed by atoms with E-state index in [1.165, 1.54) is 19.3 Å². The summed E-state index contributed by atoms with van der Waals surface area (Å²) in [5, 5.41) is 5.03. The third kappa shape index (κ3) is 4.85. The van der Waals surface area contributed by atoms with E-state index in [0.717, 1.165) is 55.2 Å². The maximum Gasteiger partial charge on any atom is 0.199 e. The molecule has 0 unspecified atom stereocenters. The van der Waals surface area contributed by atoms with E-state index in [-0.39, 0.29) is 0 Å². The van der Waals surface area contributed by atoms with Crippen LogP contribution in [0.4, 0.5) is 0 Å². The molecule has 1 saturated carbocycles. The van der Waals surface area contributed by atoms with Crippen molar-refractivity contribution in [1.29, 1.82) is 0 Å². The molecule has 0 amide bonds. The van der Waals surface area contributed by atoms with Gasteiger partial charge in [0.15, 0.2) is 22.1 Å². The molecule has 1 aromatic heterocycles. The summed E-state index contributed by atoms with van der Waals surface area (Å²) in [7, 11) is 3.31. The fraction of sp³-hybridized carbons (Fsp3) is 0.583. The third-order valence-corrected chi connectivity index (χ3v) is 6.97. The number of hydrogen-bond donors (Lipinski definition) is 0. The van der Waals surface area contributed by atoms with E-state index in [0.29, 0.717) is 30.8 Å². The normalized spacial score (nSPS) is 18.4. The molecule has 0 spiro atoms. The number of ether oxygens (including phenoxy) is 2. The van der Waals surface area contributed by atoms with E-state index >= 15 is 0 Å². The summed E-state index contributed by atoms with van der Waals surface area (Å²) in [4.78, 5) is 4.71. The second-order valence-electron chi connectivity index (χ2n) is 8.58. The zero-order chi connectivity index (χ0) is 22.5. The van der Waals surface area contributed by atoms with Crippen molar-refractivity contribution in [1.82, 2.24) is 24.1 Å². The number of piperazine rings is 1. The Morgan fingerprint density at radius 1 is 1.03 bits per heavy atom. The highest BCUT2D eigenvalue weighted by atomic mass is 32.1. The molecule has 4 rings (SSSR count). The molecular formula is C24H33N5O2S. The van der Waals surface area contributed by atoms with Crippen molar-refractivity contribution in [3.8, 4) is 35.2 Å². The van der Waals surface area contributed by atoms with Gasteiger partial charge in [-0.15, -0.1) is 6.42 Å². The van der Waals surface area contributed by atoms with Crippen molar-refractivity contribution in [3.05, 3.63) is 23.0 Å². The Hall–Kier alpha value is -2.34. The Kier molecular flexibility index (Phi) is 7.51. The second-order valence-corrected chi connectivity index (χ2v) is 8.94. The predicted octanol–water partition coefficient (Wildman–Crippen LogP) is 3.81. The van der Waals surface area contributed by atoms with Crippen LogP contribution in [0.25, 0.3) is 11.4 Å². The van der Waals surface area contributed by atoms with Gasteiger partial charge in [-0.05, 0) is 43.3 Å². The third-order valence-electron chi connectivity index (χ3n) is 6.57. The zero-order valence-electron chi connectivity index (χ0n) is 19.1. The summed E-state index contributed by atoms with van der Waals surface area (Å²) in [6.45, 7) is 5.29. The number of rotatable bonds is 7. The van der Waals surface area contributed by atoms with Gasteiger partial charge in [0.25, 0.3) is 0 Å². The molecule has 0 N–H and O–H groups in total. The molecule has 1 aliphatic carbocycles. The number of benzene rings is 1. The Morgan fingerprint density at radius 3 is 2.38 bits per heavy atom. The zero-order valence-corrected chi connectivity index (χ0v) is 19.9. The number of methoxy groups -OCH3 is 2. The average molecular weight is 456 g/mol. The average Bonchev–Trinajstić information content (AvgIpc) is 3.16. The van der Waals surface area contributed by atoms with Crippen LogP contribution in [0.1, 0.15) is 38.1 Å². The first-order valence-electron chi connectivity index (χ1n) is 11.4. The molecule has 1 saturated heterocycles.